The first-order chi connectivity index (χ1) is 7.77. The monoisotopic (exact) mass is 220 g/mol. The smallest absolute Gasteiger partial charge is 0.139 e. The molecule has 2 unspecified atom stereocenters. The van der Waals surface area contributed by atoms with Crippen molar-refractivity contribution in [3.8, 4) is 0 Å². The zero-order valence-electron chi connectivity index (χ0n) is 10.5. The van der Waals surface area contributed by atoms with Crippen molar-refractivity contribution in [1.29, 1.82) is 0 Å². The zero-order chi connectivity index (χ0) is 11.1. The molecule has 0 amide bonds. The second-order valence-electron chi connectivity index (χ2n) is 6.50. The summed E-state index contributed by atoms with van der Waals surface area (Å²) in [7, 11) is 0. The van der Waals surface area contributed by atoms with E-state index in [2.05, 4.69) is 6.92 Å². The van der Waals surface area contributed by atoms with E-state index in [4.69, 9.17) is 0 Å². The van der Waals surface area contributed by atoms with Gasteiger partial charge in [0.15, 0.2) is 0 Å². The second-order valence-corrected chi connectivity index (χ2v) is 6.50. The maximum atomic E-state index is 12.4. The van der Waals surface area contributed by atoms with Gasteiger partial charge >= 0.3 is 0 Å². The molecule has 2 atom stereocenters. The molecule has 0 aliphatic heterocycles. The van der Waals surface area contributed by atoms with E-state index >= 15 is 0 Å². The SMILES string of the molecule is CC1CCC(C(=O)C2C3CCCCC32)CC1. The van der Waals surface area contributed by atoms with Gasteiger partial charge in [-0.1, -0.05) is 32.6 Å². The molecule has 1 nitrogen and oxygen atoms in total. The van der Waals surface area contributed by atoms with Crippen LogP contribution < -0.4 is 0 Å². The van der Waals surface area contributed by atoms with Crippen LogP contribution in [0.2, 0.25) is 0 Å². The normalized spacial score (nSPS) is 47.2. The molecule has 3 aliphatic carbocycles. The molecule has 3 saturated carbocycles. The zero-order valence-corrected chi connectivity index (χ0v) is 10.5. The summed E-state index contributed by atoms with van der Waals surface area (Å²) in [4.78, 5) is 12.4. The predicted octanol–water partition coefficient (Wildman–Crippen LogP) is 3.82. The number of fused-ring (bicyclic) bond motifs is 1. The molecule has 0 N–H and O–H groups in total. The third-order valence-corrected chi connectivity index (χ3v) is 5.40. The van der Waals surface area contributed by atoms with Crippen molar-refractivity contribution in [3.63, 3.8) is 0 Å². The highest BCUT2D eigenvalue weighted by Crippen LogP contribution is 2.57. The van der Waals surface area contributed by atoms with Crippen LogP contribution >= 0.6 is 0 Å². The van der Waals surface area contributed by atoms with Crippen LogP contribution in [0.5, 0.6) is 0 Å². The Morgan fingerprint density at radius 3 is 2.00 bits per heavy atom. The average molecular weight is 220 g/mol. The Bertz CT molecular complexity index is 263. The Hall–Kier alpha value is -0.330. The number of carbonyl (C=O) groups is 1. The largest absolute Gasteiger partial charge is 0.299 e. The molecule has 3 aliphatic rings. The van der Waals surface area contributed by atoms with Crippen molar-refractivity contribution < 1.29 is 4.79 Å². The standard InChI is InChI=1S/C15H24O/c1-10-6-8-11(9-7-10)15(16)14-12-4-2-3-5-13(12)14/h10-14H,2-9H2,1H3. The Morgan fingerprint density at radius 2 is 1.44 bits per heavy atom. The highest BCUT2D eigenvalue weighted by Gasteiger charge is 2.55. The number of hydrogen-bond donors (Lipinski definition) is 0. The van der Waals surface area contributed by atoms with Crippen molar-refractivity contribution in [2.24, 2.45) is 29.6 Å². The summed E-state index contributed by atoms with van der Waals surface area (Å²) in [6.45, 7) is 2.33. The predicted molar refractivity (Wildman–Crippen MR) is 65.1 cm³/mol. The van der Waals surface area contributed by atoms with Gasteiger partial charge in [-0.15, -0.1) is 0 Å². The second kappa shape index (κ2) is 4.16. The summed E-state index contributed by atoms with van der Waals surface area (Å²) in [5, 5.41) is 0. The average Bonchev–Trinajstić information content (AvgIpc) is 3.03. The van der Waals surface area contributed by atoms with Crippen LogP contribution in [0.4, 0.5) is 0 Å². The molecule has 0 radical (unpaired) electrons. The van der Waals surface area contributed by atoms with Crippen molar-refractivity contribution in [2.45, 2.75) is 58.3 Å². The van der Waals surface area contributed by atoms with Crippen LogP contribution in [0.1, 0.15) is 58.3 Å². The molecule has 0 saturated heterocycles. The number of rotatable bonds is 2. The fraction of sp³-hybridized carbons (Fsp3) is 0.933. The van der Waals surface area contributed by atoms with Crippen molar-refractivity contribution in [1.82, 2.24) is 0 Å². The van der Waals surface area contributed by atoms with E-state index in [0.717, 1.165) is 17.8 Å². The van der Waals surface area contributed by atoms with Crippen LogP contribution in [-0.2, 0) is 4.79 Å². The van der Waals surface area contributed by atoms with Gasteiger partial charge in [0.25, 0.3) is 0 Å². The topological polar surface area (TPSA) is 17.1 Å². The van der Waals surface area contributed by atoms with Crippen molar-refractivity contribution >= 4 is 5.78 Å². The van der Waals surface area contributed by atoms with Crippen LogP contribution in [0.25, 0.3) is 0 Å². The summed E-state index contributed by atoms with van der Waals surface area (Å²) in [6, 6.07) is 0. The first-order valence-corrected chi connectivity index (χ1v) is 7.31. The Labute approximate surface area is 99.0 Å². The van der Waals surface area contributed by atoms with Gasteiger partial charge in [-0.3, -0.25) is 4.79 Å². The van der Waals surface area contributed by atoms with E-state index in [0.29, 0.717) is 17.6 Å². The summed E-state index contributed by atoms with van der Waals surface area (Å²) in [5.74, 6) is 4.14. The van der Waals surface area contributed by atoms with E-state index in [1.807, 2.05) is 0 Å². The maximum absolute atomic E-state index is 12.4. The molecule has 90 valence electrons. The fourth-order valence-corrected chi connectivity index (χ4v) is 4.23. The van der Waals surface area contributed by atoms with E-state index in [1.54, 1.807) is 0 Å². The molecule has 1 heteroatoms. The lowest BCUT2D eigenvalue weighted by atomic mass is 9.79. The number of carbonyl (C=O) groups excluding carboxylic acids is 1. The van der Waals surface area contributed by atoms with Gasteiger partial charge in [0.05, 0.1) is 0 Å². The van der Waals surface area contributed by atoms with Gasteiger partial charge in [-0.2, -0.15) is 0 Å². The van der Waals surface area contributed by atoms with E-state index in [-0.39, 0.29) is 0 Å². The van der Waals surface area contributed by atoms with Gasteiger partial charge in [-0.05, 0) is 43.4 Å². The fourth-order valence-electron chi connectivity index (χ4n) is 4.23. The minimum Gasteiger partial charge on any atom is -0.299 e. The minimum atomic E-state index is 0.451. The minimum absolute atomic E-state index is 0.451. The third-order valence-electron chi connectivity index (χ3n) is 5.40. The summed E-state index contributed by atoms with van der Waals surface area (Å²) in [5.41, 5.74) is 0. The lowest BCUT2D eigenvalue weighted by molar-refractivity contribution is -0.125. The van der Waals surface area contributed by atoms with Gasteiger partial charge in [-0.25, -0.2) is 0 Å². The van der Waals surface area contributed by atoms with Crippen molar-refractivity contribution in [2.75, 3.05) is 0 Å². The molecular weight excluding hydrogens is 196 g/mol. The quantitative estimate of drug-likeness (QED) is 0.691. The van der Waals surface area contributed by atoms with Crippen LogP contribution in [0, 0.1) is 29.6 Å². The van der Waals surface area contributed by atoms with E-state index < -0.39 is 0 Å². The first kappa shape index (κ1) is 10.8. The van der Waals surface area contributed by atoms with Crippen LogP contribution in [-0.4, -0.2) is 5.78 Å². The highest BCUT2D eigenvalue weighted by atomic mass is 16.1. The molecule has 0 heterocycles. The summed E-state index contributed by atoms with van der Waals surface area (Å²) in [6.07, 6.45) is 10.4. The van der Waals surface area contributed by atoms with Gasteiger partial charge < -0.3 is 0 Å². The number of ketones is 1. The first-order valence-electron chi connectivity index (χ1n) is 7.31. The number of hydrogen-bond acceptors (Lipinski definition) is 1. The van der Waals surface area contributed by atoms with Gasteiger partial charge in [0.2, 0.25) is 0 Å². The Balaban J connectivity index is 1.57. The number of Topliss-reactive ketones (excluding diaryl/α,β-unsaturated/α-hetero) is 1. The Morgan fingerprint density at radius 1 is 0.875 bits per heavy atom. The lowest BCUT2D eigenvalue weighted by Gasteiger charge is -2.25. The molecule has 0 aromatic rings. The lowest BCUT2D eigenvalue weighted by Crippen LogP contribution is -2.23. The van der Waals surface area contributed by atoms with E-state index in [9.17, 15) is 4.79 Å². The maximum Gasteiger partial charge on any atom is 0.139 e. The molecular formula is C15H24O. The Kier molecular flexibility index (Phi) is 2.81. The molecule has 3 fully saturated rings. The summed E-state index contributed by atoms with van der Waals surface area (Å²) >= 11 is 0. The van der Waals surface area contributed by atoms with Crippen LogP contribution in [0.3, 0.4) is 0 Å². The van der Waals surface area contributed by atoms with Gasteiger partial charge in [0.1, 0.15) is 5.78 Å². The molecule has 3 rings (SSSR count). The molecule has 0 spiro atoms. The third kappa shape index (κ3) is 1.83. The molecule has 0 bridgehead atoms. The van der Waals surface area contributed by atoms with Crippen LogP contribution in [0.15, 0.2) is 0 Å². The molecule has 0 aromatic heterocycles. The van der Waals surface area contributed by atoms with Gasteiger partial charge in [0, 0.05) is 11.8 Å². The molecule has 0 aromatic carbocycles. The van der Waals surface area contributed by atoms with E-state index in [1.165, 1.54) is 51.4 Å². The van der Waals surface area contributed by atoms with Crippen molar-refractivity contribution in [3.05, 3.63) is 0 Å². The molecule has 16 heavy (non-hydrogen) atoms. The highest BCUT2D eigenvalue weighted by molar-refractivity contribution is 5.86. The summed E-state index contributed by atoms with van der Waals surface area (Å²) < 4.78 is 0.